The predicted octanol–water partition coefficient (Wildman–Crippen LogP) is 1.67. The van der Waals surface area contributed by atoms with E-state index >= 15 is 0 Å². The summed E-state index contributed by atoms with van der Waals surface area (Å²) in [7, 11) is 0. The Kier molecular flexibility index (Phi) is 4.80. The Hall–Kier alpha value is -2.16. The lowest BCUT2D eigenvalue weighted by atomic mass is 9.54. The van der Waals surface area contributed by atoms with Crippen LogP contribution in [0.1, 0.15) is 50.7 Å². The third-order valence-electron chi connectivity index (χ3n) is 8.02. The number of nitrogens with one attached hydrogen (secondary N) is 1. The normalized spacial score (nSPS) is 36.1. The number of carbonyl (C=O) groups is 2. The molecule has 0 bridgehead atoms. The standard InChI is InChI=1S/C23H31N3O5/c1-3-14-4-5-17(30-21(28)25-24)19-18(14)23-8-9-26(11-15-10-13(15)2)12-22(23,29)7-6-16(27)20(23)31-19/h4-5,13,15,20,29H,3,6-12,24H2,1-2H3,(H,25,28)/t13?,15?,20-,22+,23-/m0/s1. The molecule has 5 rings (SSSR count). The number of piperidine rings is 1. The fraction of sp³-hybridized carbons (Fsp3) is 0.652. The molecule has 1 amide bonds. The van der Waals surface area contributed by atoms with Crippen molar-refractivity contribution in [3.05, 3.63) is 23.3 Å². The summed E-state index contributed by atoms with van der Waals surface area (Å²) >= 11 is 0. The van der Waals surface area contributed by atoms with Crippen molar-refractivity contribution in [3.8, 4) is 11.5 Å². The predicted molar refractivity (Wildman–Crippen MR) is 113 cm³/mol. The smallest absolute Gasteiger partial charge is 0.427 e. The van der Waals surface area contributed by atoms with Crippen molar-refractivity contribution in [1.82, 2.24) is 10.3 Å². The maximum Gasteiger partial charge on any atom is 0.427 e. The second-order valence-electron chi connectivity index (χ2n) is 9.74. The molecule has 2 heterocycles. The lowest BCUT2D eigenvalue weighted by molar-refractivity contribution is -0.164. The molecule has 1 aromatic carbocycles. The Morgan fingerprint density at radius 1 is 1.42 bits per heavy atom. The van der Waals surface area contributed by atoms with Crippen molar-refractivity contribution >= 4 is 11.9 Å². The van der Waals surface area contributed by atoms with Gasteiger partial charge in [-0.3, -0.25) is 10.2 Å². The number of hydrogen-bond donors (Lipinski definition) is 3. The molecule has 8 nitrogen and oxygen atoms in total. The number of hydrogen-bond acceptors (Lipinski definition) is 7. The van der Waals surface area contributed by atoms with Gasteiger partial charge in [0.2, 0.25) is 0 Å². The van der Waals surface area contributed by atoms with Crippen LogP contribution < -0.4 is 20.7 Å². The fourth-order valence-electron chi connectivity index (χ4n) is 6.20. The van der Waals surface area contributed by atoms with Gasteiger partial charge in [0, 0.05) is 25.1 Å². The fourth-order valence-corrected chi connectivity index (χ4v) is 6.20. The number of aryl methyl sites for hydroxylation is 1. The van der Waals surface area contributed by atoms with Crippen molar-refractivity contribution < 1.29 is 24.2 Å². The summed E-state index contributed by atoms with van der Waals surface area (Å²) in [4.78, 5) is 27.2. The average molecular weight is 430 g/mol. The van der Waals surface area contributed by atoms with Gasteiger partial charge in [-0.05, 0) is 55.7 Å². The highest BCUT2D eigenvalue weighted by Gasteiger charge is 2.68. The second kappa shape index (κ2) is 7.18. The van der Waals surface area contributed by atoms with Crippen molar-refractivity contribution in [2.45, 2.75) is 63.1 Å². The van der Waals surface area contributed by atoms with Crippen LogP contribution in [0.3, 0.4) is 0 Å². The molecule has 1 spiro atoms. The number of rotatable bonds is 4. The first kappa shape index (κ1) is 20.7. The monoisotopic (exact) mass is 429 g/mol. The summed E-state index contributed by atoms with van der Waals surface area (Å²) in [6.07, 6.45) is 1.73. The molecule has 2 aliphatic heterocycles. The van der Waals surface area contributed by atoms with Crippen LogP contribution in [-0.2, 0) is 16.6 Å². The minimum atomic E-state index is -1.08. The number of Topliss-reactive ketones (excluding diaryl/α,β-unsaturated/α-hetero) is 1. The number of nitrogens with two attached hydrogens (primary N) is 1. The molecule has 0 aromatic heterocycles. The molecule has 1 saturated heterocycles. The summed E-state index contributed by atoms with van der Waals surface area (Å²) in [5, 5.41) is 12.1. The molecular formula is C23H31N3O5. The van der Waals surface area contributed by atoms with E-state index in [1.807, 2.05) is 18.4 Å². The zero-order valence-corrected chi connectivity index (χ0v) is 18.1. The number of ketones is 1. The van der Waals surface area contributed by atoms with Crippen molar-refractivity contribution in [1.29, 1.82) is 0 Å². The number of aliphatic hydroxyl groups is 1. The first-order valence-corrected chi connectivity index (χ1v) is 11.3. The van der Waals surface area contributed by atoms with Crippen LogP contribution in [0.5, 0.6) is 11.5 Å². The van der Waals surface area contributed by atoms with E-state index in [-0.39, 0.29) is 18.0 Å². The highest BCUT2D eigenvalue weighted by atomic mass is 16.6. The van der Waals surface area contributed by atoms with E-state index in [1.165, 1.54) is 6.42 Å². The molecule has 2 unspecified atom stereocenters. The van der Waals surface area contributed by atoms with Gasteiger partial charge in [-0.1, -0.05) is 19.9 Å². The topological polar surface area (TPSA) is 114 Å². The van der Waals surface area contributed by atoms with Crippen molar-refractivity contribution in [2.24, 2.45) is 17.7 Å². The maximum absolute atomic E-state index is 13.0. The van der Waals surface area contributed by atoms with Crippen LogP contribution in [0.15, 0.2) is 12.1 Å². The number of hydrazine groups is 1. The number of ether oxygens (including phenoxy) is 2. The zero-order valence-electron chi connectivity index (χ0n) is 18.1. The van der Waals surface area contributed by atoms with E-state index in [9.17, 15) is 14.7 Å². The molecule has 2 saturated carbocycles. The third-order valence-corrected chi connectivity index (χ3v) is 8.02. The van der Waals surface area contributed by atoms with Crippen LogP contribution in [0.2, 0.25) is 0 Å². The van der Waals surface area contributed by atoms with Gasteiger partial charge in [-0.15, -0.1) is 0 Å². The molecule has 8 heteroatoms. The molecular weight excluding hydrogens is 398 g/mol. The van der Waals surface area contributed by atoms with Gasteiger partial charge in [0.1, 0.15) is 0 Å². The summed E-state index contributed by atoms with van der Waals surface area (Å²) in [5.74, 6) is 7.26. The third kappa shape index (κ3) is 2.99. The van der Waals surface area contributed by atoms with E-state index in [1.54, 1.807) is 6.07 Å². The number of benzene rings is 1. The van der Waals surface area contributed by atoms with Crippen LogP contribution in [0, 0.1) is 11.8 Å². The van der Waals surface area contributed by atoms with Gasteiger partial charge < -0.3 is 19.5 Å². The first-order chi connectivity index (χ1) is 14.8. The average Bonchev–Trinajstić information content (AvgIpc) is 3.31. The number of likely N-dealkylation sites (tertiary alicyclic amines) is 1. The Bertz CT molecular complexity index is 936. The summed E-state index contributed by atoms with van der Waals surface area (Å²) in [6, 6.07) is 3.57. The van der Waals surface area contributed by atoms with Gasteiger partial charge in [-0.25, -0.2) is 10.6 Å². The number of amides is 1. The molecule has 31 heavy (non-hydrogen) atoms. The highest BCUT2D eigenvalue weighted by Crippen LogP contribution is 2.61. The highest BCUT2D eigenvalue weighted by molar-refractivity contribution is 5.89. The summed E-state index contributed by atoms with van der Waals surface area (Å²) in [5.41, 5.74) is 1.90. The molecule has 4 N–H and O–H groups in total. The van der Waals surface area contributed by atoms with Gasteiger partial charge in [0.05, 0.1) is 11.0 Å². The largest absolute Gasteiger partial charge is 0.477 e. The van der Waals surface area contributed by atoms with Gasteiger partial charge in [0.25, 0.3) is 0 Å². The molecule has 0 radical (unpaired) electrons. The maximum atomic E-state index is 13.0. The number of nitrogens with zero attached hydrogens (tertiary/aromatic N) is 1. The SMILES string of the molecule is CCc1ccc(OC(=O)NN)c2c1[C@]13CCN(CC4CC4C)C[C@]1(O)CCC(=O)[C@@H]3O2. The Morgan fingerprint density at radius 2 is 2.19 bits per heavy atom. The second-order valence-corrected chi connectivity index (χ2v) is 9.74. The number of fused-ring (bicyclic) bond motifs is 1. The molecule has 4 aliphatic rings. The van der Waals surface area contributed by atoms with E-state index in [2.05, 4.69) is 11.8 Å². The lowest BCUT2D eigenvalue weighted by Crippen LogP contribution is -2.70. The van der Waals surface area contributed by atoms with Crippen molar-refractivity contribution in [2.75, 3.05) is 19.6 Å². The van der Waals surface area contributed by atoms with Crippen molar-refractivity contribution in [3.63, 3.8) is 0 Å². The molecule has 5 atom stereocenters. The van der Waals surface area contributed by atoms with Crippen LogP contribution in [0.4, 0.5) is 4.79 Å². The van der Waals surface area contributed by atoms with E-state index < -0.39 is 23.2 Å². The number of carbonyl (C=O) groups excluding carboxylic acids is 2. The van der Waals surface area contributed by atoms with Crippen LogP contribution in [0.25, 0.3) is 0 Å². The van der Waals surface area contributed by atoms with E-state index in [4.69, 9.17) is 15.3 Å². The molecule has 2 aliphatic carbocycles. The Balaban J connectivity index is 1.59. The molecule has 1 aromatic rings. The van der Waals surface area contributed by atoms with Gasteiger partial charge in [0.15, 0.2) is 23.4 Å². The minimum absolute atomic E-state index is 0.00131. The van der Waals surface area contributed by atoms with E-state index in [0.717, 1.165) is 36.6 Å². The lowest BCUT2D eigenvalue weighted by Gasteiger charge is -2.56. The Labute approximate surface area is 182 Å². The molecule has 168 valence electrons. The zero-order chi connectivity index (χ0) is 22.0. The minimum Gasteiger partial charge on any atom is -0.477 e. The summed E-state index contributed by atoms with van der Waals surface area (Å²) in [6.45, 7) is 6.63. The van der Waals surface area contributed by atoms with Gasteiger partial charge >= 0.3 is 6.09 Å². The van der Waals surface area contributed by atoms with Crippen LogP contribution in [-0.4, -0.2) is 53.2 Å². The molecule has 3 fully saturated rings. The van der Waals surface area contributed by atoms with Crippen LogP contribution >= 0.6 is 0 Å². The summed E-state index contributed by atoms with van der Waals surface area (Å²) < 4.78 is 11.6. The first-order valence-electron chi connectivity index (χ1n) is 11.3. The van der Waals surface area contributed by atoms with E-state index in [0.29, 0.717) is 31.1 Å². The Morgan fingerprint density at radius 3 is 2.87 bits per heavy atom. The van der Waals surface area contributed by atoms with Gasteiger partial charge in [-0.2, -0.15) is 0 Å². The quantitative estimate of drug-likeness (QED) is 0.379. The number of β-amino-alcohol motifs (C(OH)–C–C–N with tert-alkyl or cyclic N) is 1.